The second-order valence-corrected chi connectivity index (χ2v) is 6.27. The minimum Gasteiger partial charge on any atom is -0.465 e. The Balaban J connectivity index is 1.50. The summed E-state index contributed by atoms with van der Waals surface area (Å²) in [6.07, 6.45) is -0.0133. The van der Waals surface area contributed by atoms with Gasteiger partial charge in [-0.3, -0.25) is 4.79 Å². The van der Waals surface area contributed by atoms with E-state index in [1.807, 2.05) is 4.90 Å². The molecule has 2 aliphatic heterocycles. The second kappa shape index (κ2) is 5.22. The number of piperidine rings is 1. The van der Waals surface area contributed by atoms with E-state index in [0.717, 1.165) is 11.9 Å². The van der Waals surface area contributed by atoms with Crippen LogP contribution >= 0.6 is 0 Å². The maximum Gasteiger partial charge on any atom is 0.407 e. The number of nitrogens with one attached hydrogen (secondary N) is 1. The van der Waals surface area contributed by atoms with Crippen molar-refractivity contribution in [2.45, 2.75) is 6.42 Å². The molecule has 2 fully saturated rings. The smallest absolute Gasteiger partial charge is 0.407 e. The molecule has 2 aliphatic rings. The Bertz CT molecular complexity index is 773. The van der Waals surface area contributed by atoms with Gasteiger partial charge in [-0.15, -0.1) is 0 Å². The first-order chi connectivity index (χ1) is 11.1. The van der Waals surface area contributed by atoms with Crippen LogP contribution in [0.2, 0.25) is 0 Å². The first-order valence-electron chi connectivity index (χ1n) is 7.69. The fourth-order valence-electron chi connectivity index (χ4n) is 3.67. The third-order valence-corrected chi connectivity index (χ3v) is 4.92. The number of likely N-dealkylation sites (tertiary alicyclic amines) is 2. The maximum absolute atomic E-state index is 12.7. The molecular formula is C15H17N5O3. The zero-order valence-electron chi connectivity index (χ0n) is 12.5. The van der Waals surface area contributed by atoms with Gasteiger partial charge in [-0.2, -0.15) is 15.4 Å². The number of rotatable bonds is 1. The summed E-state index contributed by atoms with van der Waals surface area (Å²) in [5.74, 6) is 0.579. The monoisotopic (exact) mass is 315 g/mol. The normalized spacial score (nSPS) is 24.0. The van der Waals surface area contributed by atoms with E-state index in [4.69, 9.17) is 5.11 Å². The molecule has 2 N–H and O–H groups in total. The molecule has 0 aliphatic carbocycles. The Labute approximate surface area is 132 Å². The van der Waals surface area contributed by atoms with Crippen LogP contribution in [0.15, 0.2) is 18.2 Å². The molecule has 2 saturated heterocycles. The van der Waals surface area contributed by atoms with Crippen LogP contribution < -0.4 is 0 Å². The van der Waals surface area contributed by atoms with Crippen molar-refractivity contribution < 1.29 is 14.7 Å². The number of aromatic nitrogens is 3. The fraction of sp³-hybridized carbons (Fsp3) is 0.467. The van der Waals surface area contributed by atoms with Gasteiger partial charge in [0.05, 0.1) is 0 Å². The highest BCUT2D eigenvalue weighted by Gasteiger charge is 2.40. The summed E-state index contributed by atoms with van der Waals surface area (Å²) in [4.78, 5) is 27.1. The average Bonchev–Trinajstić information content (AvgIpc) is 3.19. The molecule has 0 radical (unpaired) electrons. The molecule has 0 saturated carbocycles. The Morgan fingerprint density at radius 1 is 1.09 bits per heavy atom. The zero-order valence-corrected chi connectivity index (χ0v) is 12.5. The van der Waals surface area contributed by atoms with Gasteiger partial charge in [-0.05, 0) is 36.5 Å². The minimum atomic E-state index is -0.867. The predicted molar refractivity (Wildman–Crippen MR) is 81.0 cm³/mol. The predicted octanol–water partition coefficient (Wildman–Crippen LogP) is 1.03. The lowest BCUT2D eigenvalue weighted by molar-refractivity contribution is 0.0642. The van der Waals surface area contributed by atoms with Crippen LogP contribution in [-0.2, 0) is 0 Å². The molecule has 1 aromatic carbocycles. The molecule has 2 atom stereocenters. The van der Waals surface area contributed by atoms with Gasteiger partial charge >= 0.3 is 6.09 Å². The lowest BCUT2D eigenvalue weighted by atomic mass is 9.88. The van der Waals surface area contributed by atoms with Crippen molar-refractivity contribution in [3.8, 4) is 0 Å². The first kappa shape index (κ1) is 14.0. The van der Waals surface area contributed by atoms with E-state index in [1.165, 1.54) is 4.90 Å². The van der Waals surface area contributed by atoms with Crippen molar-refractivity contribution in [1.29, 1.82) is 0 Å². The second-order valence-electron chi connectivity index (χ2n) is 6.27. The molecule has 8 nitrogen and oxygen atoms in total. The van der Waals surface area contributed by atoms with Crippen molar-refractivity contribution in [3.63, 3.8) is 0 Å². The van der Waals surface area contributed by atoms with Crippen LogP contribution in [0, 0.1) is 11.8 Å². The molecule has 0 bridgehead atoms. The van der Waals surface area contributed by atoms with Crippen LogP contribution in [0.5, 0.6) is 0 Å². The van der Waals surface area contributed by atoms with E-state index in [9.17, 15) is 9.59 Å². The number of fused-ring (bicyclic) bond motifs is 2. The summed E-state index contributed by atoms with van der Waals surface area (Å²) in [6, 6.07) is 5.28. The van der Waals surface area contributed by atoms with E-state index in [-0.39, 0.29) is 11.8 Å². The number of hydrogen-bond donors (Lipinski definition) is 2. The number of hydrogen-bond acceptors (Lipinski definition) is 4. The van der Waals surface area contributed by atoms with Gasteiger partial charge in [-0.1, -0.05) is 0 Å². The highest BCUT2D eigenvalue weighted by atomic mass is 16.4. The summed E-state index contributed by atoms with van der Waals surface area (Å²) in [7, 11) is 0. The number of carbonyl (C=O) groups is 2. The molecule has 3 heterocycles. The van der Waals surface area contributed by atoms with Gasteiger partial charge < -0.3 is 14.9 Å². The molecule has 120 valence electrons. The maximum atomic E-state index is 12.7. The minimum absolute atomic E-state index is 0.0258. The molecule has 23 heavy (non-hydrogen) atoms. The van der Waals surface area contributed by atoms with E-state index in [2.05, 4.69) is 15.4 Å². The van der Waals surface area contributed by atoms with Crippen LogP contribution in [-0.4, -0.2) is 68.5 Å². The van der Waals surface area contributed by atoms with E-state index < -0.39 is 6.09 Å². The van der Waals surface area contributed by atoms with Gasteiger partial charge in [-0.25, -0.2) is 4.79 Å². The number of aromatic amines is 1. The van der Waals surface area contributed by atoms with Crippen molar-refractivity contribution in [1.82, 2.24) is 25.2 Å². The highest BCUT2D eigenvalue weighted by Crippen LogP contribution is 2.31. The van der Waals surface area contributed by atoms with Crippen molar-refractivity contribution in [2.75, 3.05) is 26.2 Å². The van der Waals surface area contributed by atoms with Gasteiger partial charge in [0, 0.05) is 31.7 Å². The van der Waals surface area contributed by atoms with E-state index in [0.29, 0.717) is 43.2 Å². The average molecular weight is 315 g/mol. The topological polar surface area (TPSA) is 102 Å². The zero-order chi connectivity index (χ0) is 16.0. The van der Waals surface area contributed by atoms with Crippen LogP contribution in [0.25, 0.3) is 11.0 Å². The first-order valence-corrected chi connectivity index (χ1v) is 7.69. The summed E-state index contributed by atoms with van der Waals surface area (Å²) < 4.78 is 0. The largest absolute Gasteiger partial charge is 0.465 e. The summed E-state index contributed by atoms with van der Waals surface area (Å²) in [6.45, 7) is 2.40. The number of H-pyrrole nitrogens is 1. The molecule has 2 unspecified atom stereocenters. The molecule has 2 amide bonds. The standard InChI is InChI=1S/C15H17N5O3/c21-14(9-1-2-12-13(5-9)17-18-16-12)19-4-3-10-6-20(15(22)23)8-11(10)7-19/h1-2,5,10-11H,3-4,6-8H2,(H,22,23)(H,16,17,18). The van der Waals surface area contributed by atoms with Gasteiger partial charge in [0.2, 0.25) is 0 Å². The van der Waals surface area contributed by atoms with E-state index >= 15 is 0 Å². The molecule has 8 heteroatoms. The van der Waals surface area contributed by atoms with Gasteiger partial charge in [0.25, 0.3) is 5.91 Å². The summed E-state index contributed by atoms with van der Waals surface area (Å²) >= 11 is 0. The summed E-state index contributed by atoms with van der Waals surface area (Å²) in [5, 5.41) is 19.7. The van der Waals surface area contributed by atoms with Crippen molar-refractivity contribution >= 4 is 23.0 Å². The Hall–Kier alpha value is -2.64. The SMILES string of the molecule is O=C(O)N1CC2CCN(C(=O)c3ccc4n[nH]nc4c3)CC2C1. The third kappa shape index (κ3) is 2.39. The number of amides is 2. The van der Waals surface area contributed by atoms with E-state index in [1.54, 1.807) is 18.2 Å². The number of carboxylic acid groups (broad SMARTS) is 1. The highest BCUT2D eigenvalue weighted by molar-refractivity contribution is 5.97. The Morgan fingerprint density at radius 3 is 2.65 bits per heavy atom. The fourth-order valence-corrected chi connectivity index (χ4v) is 3.67. The van der Waals surface area contributed by atoms with Crippen LogP contribution in [0.4, 0.5) is 4.79 Å². The number of carbonyl (C=O) groups excluding carboxylic acids is 1. The molecule has 1 aromatic heterocycles. The van der Waals surface area contributed by atoms with Gasteiger partial charge in [0.15, 0.2) is 0 Å². The van der Waals surface area contributed by atoms with Crippen molar-refractivity contribution in [2.24, 2.45) is 11.8 Å². The van der Waals surface area contributed by atoms with Crippen LogP contribution in [0.1, 0.15) is 16.8 Å². The Morgan fingerprint density at radius 2 is 1.83 bits per heavy atom. The number of benzene rings is 1. The number of nitrogens with zero attached hydrogens (tertiary/aromatic N) is 4. The lowest BCUT2D eigenvalue weighted by Gasteiger charge is -2.34. The van der Waals surface area contributed by atoms with Crippen molar-refractivity contribution in [3.05, 3.63) is 23.8 Å². The lowest BCUT2D eigenvalue weighted by Crippen LogP contribution is -2.43. The third-order valence-electron chi connectivity index (χ3n) is 4.92. The quantitative estimate of drug-likeness (QED) is 0.818. The Kier molecular flexibility index (Phi) is 3.17. The van der Waals surface area contributed by atoms with Gasteiger partial charge in [0.1, 0.15) is 11.0 Å². The molecule has 4 rings (SSSR count). The molecule has 2 aromatic rings. The molecular weight excluding hydrogens is 298 g/mol. The summed E-state index contributed by atoms with van der Waals surface area (Å²) in [5.41, 5.74) is 2.00. The molecule has 0 spiro atoms. The van der Waals surface area contributed by atoms with Crippen LogP contribution in [0.3, 0.4) is 0 Å².